The van der Waals surface area contributed by atoms with Crippen LogP contribution in [0.1, 0.15) is 31.9 Å². The molecule has 1 aliphatic heterocycles. The Labute approximate surface area is 149 Å². The summed E-state index contributed by atoms with van der Waals surface area (Å²) in [4.78, 5) is 23.7. The second-order valence-electron chi connectivity index (χ2n) is 6.91. The number of ether oxygens (including phenoxy) is 1. The Kier molecular flexibility index (Phi) is 8.21. The zero-order valence-corrected chi connectivity index (χ0v) is 15.6. The molecule has 1 aliphatic rings. The van der Waals surface area contributed by atoms with Gasteiger partial charge in [0.15, 0.2) is 0 Å². The first-order valence-corrected chi connectivity index (χ1v) is 8.45. The van der Waals surface area contributed by atoms with Gasteiger partial charge in [-0.15, -0.1) is 0 Å². The third kappa shape index (κ3) is 9.56. The van der Waals surface area contributed by atoms with Gasteiger partial charge in [-0.25, -0.2) is 9.59 Å². The Balaban J connectivity index is 0.000000333. The van der Waals surface area contributed by atoms with Gasteiger partial charge in [0, 0.05) is 32.7 Å². The van der Waals surface area contributed by atoms with Crippen LogP contribution in [0, 0.1) is 6.92 Å². The molecule has 3 amide bonds. The predicted octanol–water partition coefficient (Wildman–Crippen LogP) is 1.99. The molecule has 0 spiro atoms. The van der Waals surface area contributed by atoms with Crippen LogP contribution in [0.2, 0.25) is 0 Å². The number of amides is 3. The van der Waals surface area contributed by atoms with E-state index in [4.69, 9.17) is 5.73 Å². The van der Waals surface area contributed by atoms with Gasteiger partial charge in [0.05, 0.1) is 0 Å². The second kappa shape index (κ2) is 9.88. The molecule has 1 saturated heterocycles. The average molecular weight is 350 g/mol. The second-order valence-corrected chi connectivity index (χ2v) is 6.91. The Bertz CT molecular complexity index is 546. The fraction of sp³-hybridized carbons (Fsp3) is 0.556. The monoisotopic (exact) mass is 350 g/mol. The maximum absolute atomic E-state index is 11.8. The highest BCUT2D eigenvalue weighted by Crippen LogP contribution is 2.05. The summed E-state index contributed by atoms with van der Waals surface area (Å²) in [5, 5.41) is 6.18. The van der Waals surface area contributed by atoms with Crippen molar-refractivity contribution in [3.8, 4) is 0 Å². The molecule has 0 atom stereocenters. The van der Waals surface area contributed by atoms with Gasteiger partial charge in [0.1, 0.15) is 5.60 Å². The molecule has 2 rings (SSSR count). The standard InChI is InChI=1S/C13H19N3O.C5H11NO2/c1-11-2-4-12(5-3-11)10-15-13(17)16-8-6-14-7-9-16;1-5(2,3)8-4(6)7/h2-5,14H,6-10H2,1H3,(H,15,17);1-3H3,(H2,6,7). The molecule has 1 fully saturated rings. The summed E-state index contributed by atoms with van der Waals surface area (Å²) in [5.41, 5.74) is 6.64. The van der Waals surface area contributed by atoms with E-state index in [-0.39, 0.29) is 6.03 Å². The van der Waals surface area contributed by atoms with Gasteiger partial charge in [-0.2, -0.15) is 0 Å². The fourth-order valence-electron chi connectivity index (χ4n) is 2.17. The van der Waals surface area contributed by atoms with Gasteiger partial charge in [-0.1, -0.05) is 29.8 Å². The fourth-order valence-corrected chi connectivity index (χ4v) is 2.17. The number of aryl methyl sites for hydroxylation is 1. The normalized spacial score (nSPS) is 14.2. The number of nitrogens with one attached hydrogen (secondary N) is 2. The van der Waals surface area contributed by atoms with Crippen molar-refractivity contribution in [2.24, 2.45) is 5.73 Å². The van der Waals surface area contributed by atoms with Crippen molar-refractivity contribution in [3.63, 3.8) is 0 Å². The number of nitrogens with two attached hydrogens (primary N) is 1. The van der Waals surface area contributed by atoms with Gasteiger partial charge < -0.3 is 26.0 Å². The van der Waals surface area contributed by atoms with E-state index in [1.165, 1.54) is 5.56 Å². The molecule has 0 saturated carbocycles. The lowest BCUT2D eigenvalue weighted by atomic mass is 10.1. The summed E-state index contributed by atoms with van der Waals surface area (Å²) < 4.78 is 4.58. The van der Waals surface area contributed by atoms with E-state index in [9.17, 15) is 9.59 Å². The Morgan fingerprint density at radius 3 is 2.20 bits per heavy atom. The Morgan fingerprint density at radius 1 is 1.20 bits per heavy atom. The topological polar surface area (TPSA) is 96.7 Å². The third-order valence-electron chi connectivity index (χ3n) is 3.38. The molecule has 0 bridgehead atoms. The number of benzene rings is 1. The maximum Gasteiger partial charge on any atom is 0.405 e. The van der Waals surface area contributed by atoms with Crippen molar-refractivity contribution < 1.29 is 14.3 Å². The molecule has 0 aliphatic carbocycles. The summed E-state index contributed by atoms with van der Waals surface area (Å²) in [6, 6.07) is 8.26. The highest BCUT2D eigenvalue weighted by molar-refractivity contribution is 5.74. The summed E-state index contributed by atoms with van der Waals surface area (Å²) in [5.74, 6) is 0. The molecule has 25 heavy (non-hydrogen) atoms. The van der Waals surface area contributed by atoms with Crippen LogP contribution in [0.4, 0.5) is 9.59 Å². The van der Waals surface area contributed by atoms with Crippen molar-refractivity contribution in [1.82, 2.24) is 15.5 Å². The highest BCUT2D eigenvalue weighted by atomic mass is 16.6. The molecule has 1 aromatic rings. The molecule has 7 heteroatoms. The van der Waals surface area contributed by atoms with Gasteiger partial charge in [0.2, 0.25) is 0 Å². The largest absolute Gasteiger partial charge is 0.444 e. The zero-order valence-electron chi connectivity index (χ0n) is 15.6. The van der Waals surface area contributed by atoms with Gasteiger partial charge in [-0.3, -0.25) is 0 Å². The number of carbonyl (C=O) groups is 2. The minimum atomic E-state index is -0.725. The number of rotatable bonds is 2. The van der Waals surface area contributed by atoms with E-state index in [2.05, 4.69) is 34.4 Å². The molecule has 0 aromatic heterocycles. The Morgan fingerprint density at radius 2 is 1.76 bits per heavy atom. The van der Waals surface area contributed by atoms with Gasteiger partial charge in [-0.05, 0) is 33.3 Å². The number of urea groups is 1. The van der Waals surface area contributed by atoms with E-state index < -0.39 is 11.7 Å². The third-order valence-corrected chi connectivity index (χ3v) is 3.38. The van der Waals surface area contributed by atoms with Crippen LogP contribution < -0.4 is 16.4 Å². The lowest BCUT2D eigenvalue weighted by Crippen LogP contribution is -2.50. The number of hydrogen-bond acceptors (Lipinski definition) is 4. The quantitative estimate of drug-likeness (QED) is 0.760. The summed E-state index contributed by atoms with van der Waals surface area (Å²) in [6.45, 7) is 11.3. The van der Waals surface area contributed by atoms with E-state index in [0.717, 1.165) is 31.7 Å². The van der Waals surface area contributed by atoms with Crippen molar-refractivity contribution >= 4 is 12.1 Å². The smallest absolute Gasteiger partial charge is 0.405 e. The molecule has 1 aromatic carbocycles. The van der Waals surface area contributed by atoms with Crippen LogP contribution in [0.25, 0.3) is 0 Å². The van der Waals surface area contributed by atoms with Crippen molar-refractivity contribution in [2.75, 3.05) is 26.2 Å². The van der Waals surface area contributed by atoms with Crippen molar-refractivity contribution in [1.29, 1.82) is 0 Å². The lowest BCUT2D eigenvalue weighted by Gasteiger charge is -2.27. The first-order chi connectivity index (χ1) is 11.7. The van der Waals surface area contributed by atoms with Crippen LogP contribution in [-0.4, -0.2) is 48.8 Å². The SMILES string of the molecule is CC(C)(C)OC(N)=O.Cc1ccc(CNC(=O)N2CCNCC2)cc1. The van der Waals surface area contributed by atoms with Crippen molar-refractivity contribution in [3.05, 3.63) is 35.4 Å². The first-order valence-electron chi connectivity index (χ1n) is 8.45. The predicted molar refractivity (Wildman–Crippen MR) is 98.3 cm³/mol. The number of primary amides is 1. The molecule has 4 N–H and O–H groups in total. The minimum Gasteiger partial charge on any atom is -0.444 e. The summed E-state index contributed by atoms with van der Waals surface area (Å²) >= 11 is 0. The average Bonchev–Trinajstić information content (AvgIpc) is 2.53. The summed E-state index contributed by atoms with van der Waals surface area (Å²) in [7, 11) is 0. The minimum absolute atomic E-state index is 0.0343. The van der Waals surface area contributed by atoms with Gasteiger partial charge >= 0.3 is 12.1 Å². The Hall–Kier alpha value is -2.28. The molecule has 0 radical (unpaired) electrons. The molecule has 140 valence electrons. The van der Waals surface area contributed by atoms with Crippen LogP contribution >= 0.6 is 0 Å². The molecule has 1 heterocycles. The number of carbonyl (C=O) groups excluding carboxylic acids is 2. The van der Waals surface area contributed by atoms with Crippen LogP contribution in [0.5, 0.6) is 0 Å². The van der Waals surface area contributed by atoms with E-state index in [1.54, 1.807) is 20.8 Å². The van der Waals surface area contributed by atoms with E-state index in [1.807, 2.05) is 17.0 Å². The zero-order chi connectivity index (χ0) is 18.9. The molecular formula is C18H30N4O3. The lowest BCUT2D eigenvalue weighted by molar-refractivity contribution is 0.0600. The number of piperazine rings is 1. The van der Waals surface area contributed by atoms with Crippen LogP contribution in [0.3, 0.4) is 0 Å². The molecule has 0 unspecified atom stereocenters. The molecule has 7 nitrogen and oxygen atoms in total. The van der Waals surface area contributed by atoms with E-state index in [0.29, 0.717) is 6.54 Å². The molecular weight excluding hydrogens is 320 g/mol. The maximum atomic E-state index is 11.8. The first kappa shape index (κ1) is 20.8. The summed E-state index contributed by atoms with van der Waals surface area (Å²) in [6.07, 6.45) is -0.725. The van der Waals surface area contributed by atoms with E-state index >= 15 is 0 Å². The number of nitrogens with zero attached hydrogens (tertiary/aromatic N) is 1. The van der Waals surface area contributed by atoms with Crippen molar-refractivity contribution in [2.45, 2.75) is 39.8 Å². The highest BCUT2D eigenvalue weighted by Gasteiger charge is 2.15. The van der Waals surface area contributed by atoms with Crippen LogP contribution in [-0.2, 0) is 11.3 Å². The van der Waals surface area contributed by atoms with Gasteiger partial charge in [0.25, 0.3) is 0 Å². The van der Waals surface area contributed by atoms with Crippen LogP contribution in [0.15, 0.2) is 24.3 Å². The number of hydrogen-bond donors (Lipinski definition) is 3.